The van der Waals surface area contributed by atoms with Gasteiger partial charge < -0.3 is 14.0 Å². The van der Waals surface area contributed by atoms with Gasteiger partial charge in [-0.1, -0.05) is 13.0 Å². The Kier molecular flexibility index (Phi) is 3.94. The van der Waals surface area contributed by atoms with Gasteiger partial charge in [0.2, 0.25) is 0 Å². The van der Waals surface area contributed by atoms with Crippen molar-refractivity contribution in [3.8, 4) is 5.75 Å². The average Bonchev–Trinajstić information content (AvgIpc) is 3.01. The molecular weight excluding hydrogens is 262 g/mol. The van der Waals surface area contributed by atoms with Crippen molar-refractivity contribution in [3.05, 3.63) is 30.5 Å². The zero-order chi connectivity index (χ0) is 14.9. The summed E-state index contributed by atoms with van der Waals surface area (Å²) in [6.07, 6.45) is 5.77. The fraction of sp³-hybridized carbons (Fsp3) is 0.556. The van der Waals surface area contributed by atoms with E-state index < -0.39 is 0 Å². The molecule has 1 aliphatic rings. The SMILES string of the molecule is CCCOc1cccc2c1ccn2CC1CCC(C)(C)O1. The smallest absolute Gasteiger partial charge is 0.128 e. The summed E-state index contributed by atoms with van der Waals surface area (Å²) >= 11 is 0. The third-order valence-corrected chi connectivity index (χ3v) is 4.19. The summed E-state index contributed by atoms with van der Waals surface area (Å²) in [5.41, 5.74) is 1.26. The van der Waals surface area contributed by atoms with Crippen molar-refractivity contribution in [2.75, 3.05) is 6.61 Å². The predicted molar refractivity (Wildman–Crippen MR) is 85.9 cm³/mol. The molecule has 0 N–H and O–H groups in total. The summed E-state index contributed by atoms with van der Waals surface area (Å²) in [7, 11) is 0. The number of ether oxygens (including phenoxy) is 2. The molecule has 21 heavy (non-hydrogen) atoms. The summed E-state index contributed by atoms with van der Waals surface area (Å²) in [4.78, 5) is 0. The predicted octanol–water partition coefficient (Wildman–Crippen LogP) is 4.39. The van der Waals surface area contributed by atoms with Gasteiger partial charge in [0.25, 0.3) is 0 Å². The molecule has 1 aliphatic heterocycles. The van der Waals surface area contributed by atoms with Crippen LogP contribution in [0.25, 0.3) is 10.9 Å². The van der Waals surface area contributed by atoms with Gasteiger partial charge in [0, 0.05) is 18.1 Å². The second-order valence-corrected chi connectivity index (χ2v) is 6.54. The van der Waals surface area contributed by atoms with E-state index in [4.69, 9.17) is 9.47 Å². The van der Waals surface area contributed by atoms with Crippen LogP contribution in [-0.4, -0.2) is 22.9 Å². The molecule has 0 saturated carbocycles. The van der Waals surface area contributed by atoms with Crippen molar-refractivity contribution in [1.82, 2.24) is 4.57 Å². The molecule has 0 aliphatic carbocycles. The Morgan fingerprint density at radius 1 is 1.33 bits per heavy atom. The molecule has 3 heteroatoms. The van der Waals surface area contributed by atoms with Crippen LogP contribution in [0.15, 0.2) is 30.5 Å². The second kappa shape index (κ2) is 5.72. The van der Waals surface area contributed by atoms with Gasteiger partial charge in [-0.2, -0.15) is 0 Å². The number of hydrogen-bond donors (Lipinski definition) is 0. The van der Waals surface area contributed by atoms with Crippen LogP contribution in [0.4, 0.5) is 0 Å². The first-order valence-corrected chi connectivity index (χ1v) is 7.97. The highest BCUT2D eigenvalue weighted by molar-refractivity contribution is 5.86. The number of benzene rings is 1. The lowest BCUT2D eigenvalue weighted by Gasteiger charge is -2.20. The minimum atomic E-state index is 0.0308. The Morgan fingerprint density at radius 3 is 2.90 bits per heavy atom. The summed E-state index contributed by atoms with van der Waals surface area (Å²) in [5.74, 6) is 0.987. The summed E-state index contributed by atoms with van der Waals surface area (Å²) in [6, 6.07) is 8.44. The van der Waals surface area contributed by atoms with E-state index in [-0.39, 0.29) is 5.60 Å². The van der Waals surface area contributed by atoms with E-state index in [0.29, 0.717) is 6.10 Å². The van der Waals surface area contributed by atoms with Crippen molar-refractivity contribution in [1.29, 1.82) is 0 Å². The lowest BCUT2D eigenvalue weighted by molar-refractivity contribution is -0.0212. The Balaban J connectivity index is 1.81. The molecule has 0 spiro atoms. The quantitative estimate of drug-likeness (QED) is 0.814. The van der Waals surface area contributed by atoms with E-state index in [2.05, 4.69) is 55.8 Å². The van der Waals surface area contributed by atoms with E-state index in [1.54, 1.807) is 0 Å². The molecule has 3 nitrogen and oxygen atoms in total. The van der Waals surface area contributed by atoms with Crippen LogP contribution >= 0.6 is 0 Å². The third kappa shape index (κ3) is 3.08. The molecule has 1 saturated heterocycles. The molecule has 114 valence electrons. The van der Waals surface area contributed by atoms with Gasteiger partial charge in [0.15, 0.2) is 0 Å². The van der Waals surface area contributed by atoms with Gasteiger partial charge in [-0.05, 0) is 51.3 Å². The molecule has 1 unspecified atom stereocenters. The fourth-order valence-corrected chi connectivity index (χ4v) is 3.12. The van der Waals surface area contributed by atoms with Gasteiger partial charge in [0.1, 0.15) is 5.75 Å². The van der Waals surface area contributed by atoms with Gasteiger partial charge in [-0.3, -0.25) is 0 Å². The molecule has 1 fully saturated rings. The standard InChI is InChI=1S/C18H25NO2/c1-4-12-20-17-7-5-6-16-15(17)9-11-19(16)13-14-8-10-18(2,3)21-14/h5-7,9,11,14H,4,8,10,12-13H2,1-3H3. The molecule has 0 bridgehead atoms. The van der Waals surface area contributed by atoms with Crippen molar-refractivity contribution in [2.24, 2.45) is 0 Å². The van der Waals surface area contributed by atoms with Crippen molar-refractivity contribution in [2.45, 2.75) is 58.3 Å². The van der Waals surface area contributed by atoms with Crippen molar-refractivity contribution < 1.29 is 9.47 Å². The van der Waals surface area contributed by atoms with Crippen molar-refractivity contribution >= 4 is 10.9 Å². The van der Waals surface area contributed by atoms with Gasteiger partial charge in [-0.15, -0.1) is 0 Å². The van der Waals surface area contributed by atoms with E-state index in [0.717, 1.165) is 38.2 Å². The van der Waals surface area contributed by atoms with Crippen LogP contribution in [0.3, 0.4) is 0 Å². The molecule has 2 aromatic rings. The highest BCUT2D eigenvalue weighted by Crippen LogP contribution is 2.32. The van der Waals surface area contributed by atoms with Crippen LogP contribution in [0.2, 0.25) is 0 Å². The number of fused-ring (bicyclic) bond motifs is 1. The van der Waals surface area contributed by atoms with E-state index in [1.165, 1.54) is 10.9 Å². The van der Waals surface area contributed by atoms with Crippen LogP contribution < -0.4 is 4.74 Å². The molecule has 1 atom stereocenters. The van der Waals surface area contributed by atoms with Gasteiger partial charge in [0.05, 0.1) is 23.8 Å². The minimum absolute atomic E-state index is 0.0308. The van der Waals surface area contributed by atoms with Gasteiger partial charge in [-0.25, -0.2) is 0 Å². The Labute approximate surface area is 126 Å². The Morgan fingerprint density at radius 2 is 2.19 bits per heavy atom. The summed E-state index contributed by atoms with van der Waals surface area (Å²) < 4.78 is 14.2. The second-order valence-electron chi connectivity index (χ2n) is 6.54. The first-order valence-electron chi connectivity index (χ1n) is 7.97. The topological polar surface area (TPSA) is 23.4 Å². The van der Waals surface area contributed by atoms with Crippen LogP contribution in [0.1, 0.15) is 40.0 Å². The number of nitrogens with zero attached hydrogens (tertiary/aromatic N) is 1. The molecule has 1 aromatic heterocycles. The average molecular weight is 287 g/mol. The molecule has 3 rings (SSSR count). The monoisotopic (exact) mass is 287 g/mol. The van der Waals surface area contributed by atoms with E-state index in [9.17, 15) is 0 Å². The van der Waals surface area contributed by atoms with Crippen LogP contribution in [0, 0.1) is 0 Å². The summed E-state index contributed by atoms with van der Waals surface area (Å²) in [6.45, 7) is 8.17. The number of aromatic nitrogens is 1. The largest absolute Gasteiger partial charge is 0.493 e. The lowest BCUT2D eigenvalue weighted by Crippen LogP contribution is -2.22. The van der Waals surface area contributed by atoms with E-state index in [1.807, 2.05) is 0 Å². The highest BCUT2D eigenvalue weighted by Gasteiger charge is 2.31. The highest BCUT2D eigenvalue weighted by atomic mass is 16.5. The van der Waals surface area contributed by atoms with E-state index >= 15 is 0 Å². The van der Waals surface area contributed by atoms with Gasteiger partial charge >= 0.3 is 0 Å². The Hall–Kier alpha value is -1.48. The van der Waals surface area contributed by atoms with Crippen LogP contribution in [0.5, 0.6) is 5.75 Å². The first-order chi connectivity index (χ1) is 10.1. The lowest BCUT2D eigenvalue weighted by atomic mass is 10.1. The summed E-state index contributed by atoms with van der Waals surface area (Å²) in [5, 5.41) is 1.20. The third-order valence-electron chi connectivity index (χ3n) is 4.19. The maximum Gasteiger partial charge on any atom is 0.128 e. The van der Waals surface area contributed by atoms with Crippen molar-refractivity contribution in [3.63, 3.8) is 0 Å². The zero-order valence-corrected chi connectivity index (χ0v) is 13.3. The molecule has 1 aromatic carbocycles. The molecule has 0 amide bonds. The maximum absolute atomic E-state index is 6.11. The zero-order valence-electron chi connectivity index (χ0n) is 13.3. The molecule has 0 radical (unpaired) electrons. The number of hydrogen-bond acceptors (Lipinski definition) is 2. The molecular formula is C18H25NO2. The Bertz CT molecular complexity index is 615. The normalized spacial score (nSPS) is 21.0. The minimum Gasteiger partial charge on any atom is -0.493 e. The maximum atomic E-state index is 6.11. The fourth-order valence-electron chi connectivity index (χ4n) is 3.12. The first kappa shape index (κ1) is 14.5. The molecule has 2 heterocycles. The number of rotatable bonds is 5. The van der Waals surface area contributed by atoms with Crippen LogP contribution in [-0.2, 0) is 11.3 Å².